The third-order valence-electron chi connectivity index (χ3n) is 3.60. The molecule has 1 aromatic rings. The van der Waals surface area contributed by atoms with Gasteiger partial charge in [0, 0.05) is 24.5 Å². The minimum Gasteiger partial charge on any atom is -0.322 e. The van der Waals surface area contributed by atoms with Crippen LogP contribution in [0.3, 0.4) is 0 Å². The van der Waals surface area contributed by atoms with Gasteiger partial charge < -0.3 is 10.2 Å². The number of hydrogen-bond acceptors (Lipinski definition) is 3. The molecule has 2 rings (SSSR count). The van der Waals surface area contributed by atoms with Gasteiger partial charge in [-0.1, -0.05) is 0 Å². The summed E-state index contributed by atoms with van der Waals surface area (Å²) in [5, 5.41) is 2.81. The molecule has 0 unspecified atom stereocenters. The lowest BCUT2D eigenvalue weighted by Gasteiger charge is -2.33. The molecule has 1 atom stereocenters. The van der Waals surface area contributed by atoms with Gasteiger partial charge in [-0.3, -0.25) is 0 Å². The number of nitrogens with one attached hydrogen (secondary N) is 1. The minimum atomic E-state index is -3.20. The number of urea groups is 1. The van der Waals surface area contributed by atoms with E-state index in [1.165, 1.54) is 12.1 Å². The molecule has 0 aromatic heterocycles. The number of amides is 2. The quantitative estimate of drug-likeness (QED) is 0.911. The SMILES string of the molecule is C[C@@H]1CCCCN1C(=O)Nc1ccc(S(C)(=O)=O)cc1. The van der Waals surface area contributed by atoms with Crippen molar-refractivity contribution < 1.29 is 13.2 Å². The van der Waals surface area contributed by atoms with Crippen molar-refractivity contribution in [1.29, 1.82) is 0 Å². The molecule has 6 heteroatoms. The zero-order valence-corrected chi connectivity index (χ0v) is 12.6. The monoisotopic (exact) mass is 296 g/mol. The molecule has 0 bridgehead atoms. The van der Waals surface area contributed by atoms with Crippen molar-refractivity contribution in [2.75, 3.05) is 18.1 Å². The lowest BCUT2D eigenvalue weighted by atomic mass is 10.0. The number of piperidine rings is 1. The average Bonchev–Trinajstić information content (AvgIpc) is 2.38. The first-order valence-corrected chi connectivity index (χ1v) is 8.65. The molecule has 2 amide bonds. The van der Waals surface area contributed by atoms with Crippen LogP contribution in [0.1, 0.15) is 26.2 Å². The van der Waals surface area contributed by atoms with Gasteiger partial charge in [0.25, 0.3) is 0 Å². The third-order valence-corrected chi connectivity index (χ3v) is 4.73. The van der Waals surface area contributed by atoms with E-state index in [2.05, 4.69) is 5.32 Å². The van der Waals surface area contributed by atoms with E-state index in [0.717, 1.165) is 32.1 Å². The third kappa shape index (κ3) is 3.50. The van der Waals surface area contributed by atoms with E-state index in [-0.39, 0.29) is 17.0 Å². The molecule has 0 aliphatic carbocycles. The predicted molar refractivity (Wildman–Crippen MR) is 78.6 cm³/mol. The fraction of sp³-hybridized carbons (Fsp3) is 0.500. The van der Waals surface area contributed by atoms with Crippen LogP contribution in [-0.4, -0.2) is 38.2 Å². The first-order chi connectivity index (χ1) is 9.38. The summed E-state index contributed by atoms with van der Waals surface area (Å²) in [6.07, 6.45) is 4.38. The minimum absolute atomic E-state index is 0.121. The van der Waals surface area contributed by atoms with Gasteiger partial charge in [0.05, 0.1) is 4.90 Å². The maximum Gasteiger partial charge on any atom is 0.322 e. The second-order valence-electron chi connectivity index (χ2n) is 5.26. The smallest absolute Gasteiger partial charge is 0.322 e. The maximum absolute atomic E-state index is 12.2. The van der Waals surface area contributed by atoms with Crippen molar-refractivity contribution >= 4 is 21.6 Å². The van der Waals surface area contributed by atoms with Crippen LogP contribution in [-0.2, 0) is 9.84 Å². The highest BCUT2D eigenvalue weighted by atomic mass is 32.2. The second-order valence-corrected chi connectivity index (χ2v) is 7.28. The molecular weight excluding hydrogens is 276 g/mol. The van der Waals surface area contributed by atoms with Crippen molar-refractivity contribution in [3.8, 4) is 0 Å². The van der Waals surface area contributed by atoms with Gasteiger partial charge in [0.1, 0.15) is 0 Å². The number of carbonyl (C=O) groups is 1. The van der Waals surface area contributed by atoms with E-state index in [0.29, 0.717) is 5.69 Å². The molecule has 0 spiro atoms. The van der Waals surface area contributed by atoms with Crippen LogP contribution in [0.25, 0.3) is 0 Å². The largest absolute Gasteiger partial charge is 0.322 e. The van der Waals surface area contributed by atoms with Gasteiger partial charge in [-0.05, 0) is 50.5 Å². The Labute approximate surface area is 119 Å². The van der Waals surface area contributed by atoms with E-state index in [1.807, 2.05) is 11.8 Å². The first kappa shape index (κ1) is 14.8. The Morgan fingerprint density at radius 3 is 2.45 bits per heavy atom. The summed E-state index contributed by atoms with van der Waals surface area (Å²) in [5.41, 5.74) is 0.611. The number of rotatable bonds is 2. The van der Waals surface area contributed by atoms with Crippen molar-refractivity contribution in [3.63, 3.8) is 0 Å². The maximum atomic E-state index is 12.2. The molecule has 0 radical (unpaired) electrons. The van der Waals surface area contributed by atoms with Gasteiger partial charge in [-0.15, -0.1) is 0 Å². The van der Waals surface area contributed by atoms with Gasteiger partial charge in [-0.25, -0.2) is 13.2 Å². The number of anilines is 1. The molecular formula is C14H20N2O3S. The number of hydrogen-bond donors (Lipinski definition) is 1. The number of carbonyl (C=O) groups excluding carboxylic acids is 1. The Hall–Kier alpha value is -1.56. The van der Waals surface area contributed by atoms with Crippen LogP contribution in [0, 0.1) is 0 Å². The van der Waals surface area contributed by atoms with Crippen LogP contribution < -0.4 is 5.32 Å². The molecule has 110 valence electrons. The number of sulfone groups is 1. The Balaban J connectivity index is 2.04. The summed E-state index contributed by atoms with van der Waals surface area (Å²) in [5.74, 6) is 0. The van der Waals surface area contributed by atoms with E-state index in [9.17, 15) is 13.2 Å². The molecule has 1 saturated heterocycles. The Morgan fingerprint density at radius 2 is 1.90 bits per heavy atom. The first-order valence-electron chi connectivity index (χ1n) is 6.75. The molecule has 1 N–H and O–H groups in total. The molecule has 20 heavy (non-hydrogen) atoms. The van der Waals surface area contributed by atoms with Crippen molar-refractivity contribution in [2.45, 2.75) is 37.1 Å². The van der Waals surface area contributed by atoms with E-state index >= 15 is 0 Å². The number of benzene rings is 1. The molecule has 5 nitrogen and oxygen atoms in total. The van der Waals surface area contributed by atoms with E-state index in [4.69, 9.17) is 0 Å². The fourth-order valence-corrected chi connectivity index (χ4v) is 3.01. The molecule has 1 aliphatic heterocycles. The molecule has 0 saturated carbocycles. The Bertz CT molecular complexity index is 581. The van der Waals surface area contributed by atoms with Crippen molar-refractivity contribution in [2.24, 2.45) is 0 Å². The molecule has 1 fully saturated rings. The predicted octanol–water partition coefficient (Wildman–Crippen LogP) is 2.50. The Morgan fingerprint density at radius 1 is 1.25 bits per heavy atom. The highest BCUT2D eigenvalue weighted by Gasteiger charge is 2.23. The summed E-state index contributed by atoms with van der Waals surface area (Å²) in [6, 6.07) is 6.37. The lowest BCUT2D eigenvalue weighted by Crippen LogP contribution is -2.44. The normalized spacial score (nSPS) is 19.7. The average molecular weight is 296 g/mol. The van der Waals surface area contributed by atoms with Gasteiger partial charge in [0.15, 0.2) is 9.84 Å². The van der Waals surface area contributed by atoms with Gasteiger partial charge >= 0.3 is 6.03 Å². The van der Waals surface area contributed by atoms with E-state index in [1.54, 1.807) is 12.1 Å². The lowest BCUT2D eigenvalue weighted by molar-refractivity contribution is 0.170. The zero-order valence-electron chi connectivity index (χ0n) is 11.8. The van der Waals surface area contributed by atoms with Crippen LogP contribution >= 0.6 is 0 Å². The standard InChI is InChI=1S/C14H20N2O3S/c1-11-5-3-4-10-16(11)14(17)15-12-6-8-13(9-7-12)20(2,18)19/h6-9,11H,3-5,10H2,1-2H3,(H,15,17)/t11-/m1/s1. The van der Waals surface area contributed by atoms with Crippen molar-refractivity contribution in [1.82, 2.24) is 4.90 Å². The van der Waals surface area contributed by atoms with Crippen LogP contribution in [0.4, 0.5) is 10.5 Å². The summed E-state index contributed by atoms with van der Waals surface area (Å²) in [6.45, 7) is 2.82. The van der Waals surface area contributed by atoms with Crippen LogP contribution in [0.5, 0.6) is 0 Å². The molecule has 1 aliphatic rings. The van der Waals surface area contributed by atoms with E-state index < -0.39 is 9.84 Å². The number of likely N-dealkylation sites (tertiary alicyclic amines) is 1. The molecule has 1 aromatic carbocycles. The van der Waals surface area contributed by atoms with Gasteiger partial charge in [-0.2, -0.15) is 0 Å². The summed E-state index contributed by atoms with van der Waals surface area (Å²) in [7, 11) is -3.20. The van der Waals surface area contributed by atoms with Crippen LogP contribution in [0.2, 0.25) is 0 Å². The summed E-state index contributed by atoms with van der Waals surface area (Å²) < 4.78 is 22.7. The topological polar surface area (TPSA) is 66.5 Å². The Kier molecular flexibility index (Phi) is 4.32. The van der Waals surface area contributed by atoms with Crippen LogP contribution in [0.15, 0.2) is 29.2 Å². The van der Waals surface area contributed by atoms with Crippen molar-refractivity contribution in [3.05, 3.63) is 24.3 Å². The number of nitrogens with zero attached hydrogens (tertiary/aromatic N) is 1. The zero-order chi connectivity index (χ0) is 14.8. The fourth-order valence-electron chi connectivity index (χ4n) is 2.38. The molecule has 1 heterocycles. The summed E-state index contributed by atoms with van der Waals surface area (Å²) >= 11 is 0. The van der Waals surface area contributed by atoms with Gasteiger partial charge in [0.2, 0.25) is 0 Å². The second kappa shape index (κ2) is 5.83. The summed E-state index contributed by atoms with van der Waals surface area (Å²) in [4.78, 5) is 14.2. The highest BCUT2D eigenvalue weighted by Crippen LogP contribution is 2.19. The highest BCUT2D eigenvalue weighted by molar-refractivity contribution is 7.90.